The summed E-state index contributed by atoms with van der Waals surface area (Å²) < 4.78 is 5.25. The number of rotatable bonds is 2. The van der Waals surface area contributed by atoms with Crippen LogP contribution < -0.4 is 4.74 Å². The van der Waals surface area contributed by atoms with Crippen LogP contribution in [0, 0.1) is 56.7 Å². The minimum absolute atomic E-state index is 0.0905. The van der Waals surface area contributed by atoms with Gasteiger partial charge in [0.05, 0.1) is 31.0 Å². The first-order valence-corrected chi connectivity index (χ1v) is 9.41. The zero-order valence-electron chi connectivity index (χ0n) is 15.9. The van der Waals surface area contributed by atoms with Crippen LogP contribution in [-0.2, 0) is 0 Å². The first-order valence-electron chi connectivity index (χ1n) is 9.41. The first-order chi connectivity index (χ1) is 13.5. The SMILES string of the molecule is COc1ccc([C@H]2[C@@H]3C(=C[C@H]4CC[C@@H]3N4C)C(C#N)C(=N)C2(C#N)C#N)cc1. The average Bonchev–Trinajstić information content (AvgIpc) is 2.96. The molecule has 2 bridgehead atoms. The van der Waals surface area contributed by atoms with Crippen molar-refractivity contribution in [3.8, 4) is 24.0 Å². The molecule has 1 aliphatic carbocycles. The quantitative estimate of drug-likeness (QED) is 0.804. The zero-order chi connectivity index (χ0) is 20.1. The first kappa shape index (κ1) is 18.2. The second-order valence-electron chi connectivity index (χ2n) is 7.83. The van der Waals surface area contributed by atoms with E-state index in [9.17, 15) is 15.8 Å². The molecule has 2 aliphatic heterocycles. The molecular formula is C22H21N5O. The Labute approximate surface area is 164 Å². The summed E-state index contributed by atoms with van der Waals surface area (Å²) in [6.07, 6.45) is 4.07. The Morgan fingerprint density at radius 2 is 1.82 bits per heavy atom. The number of benzene rings is 1. The Kier molecular flexibility index (Phi) is 4.22. The Morgan fingerprint density at radius 3 is 2.39 bits per heavy atom. The largest absolute Gasteiger partial charge is 0.497 e. The van der Waals surface area contributed by atoms with Gasteiger partial charge in [-0.3, -0.25) is 4.90 Å². The molecule has 0 spiro atoms. The molecule has 2 fully saturated rings. The molecule has 28 heavy (non-hydrogen) atoms. The van der Waals surface area contributed by atoms with Crippen LogP contribution in [-0.4, -0.2) is 36.9 Å². The number of ether oxygens (including phenoxy) is 1. The highest BCUT2D eigenvalue weighted by Crippen LogP contribution is 2.57. The fraction of sp³-hybridized carbons (Fsp3) is 0.455. The van der Waals surface area contributed by atoms with Crippen LogP contribution in [0.4, 0.5) is 0 Å². The molecule has 1 aromatic rings. The molecule has 6 nitrogen and oxygen atoms in total. The van der Waals surface area contributed by atoms with E-state index in [1.165, 1.54) is 0 Å². The molecule has 1 aromatic carbocycles. The molecule has 2 heterocycles. The lowest BCUT2D eigenvalue weighted by atomic mass is 9.53. The molecule has 1 unspecified atom stereocenters. The maximum absolute atomic E-state index is 10.1. The van der Waals surface area contributed by atoms with Gasteiger partial charge >= 0.3 is 0 Å². The molecule has 1 saturated carbocycles. The summed E-state index contributed by atoms with van der Waals surface area (Å²) in [5, 5.41) is 38.7. The normalized spacial score (nSPS) is 33.0. The van der Waals surface area contributed by atoms with Crippen LogP contribution in [0.1, 0.15) is 24.3 Å². The Bertz CT molecular complexity index is 960. The van der Waals surface area contributed by atoms with E-state index in [1.807, 2.05) is 24.3 Å². The summed E-state index contributed by atoms with van der Waals surface area (Å²) in [4.78, 5) is 2.30. The van der Waals surface area contributed by atoms with E-state index in [1.54, 1.807) is 7.11 Å². The molecule has 0 aromatic heterocycles. The number of fused-ring (bicyclic) bond motifs is 4. The Hall–Kier alpha value is -3.14. The van der Waals surface area contributed by atoms with Gasteiger partial charge in [0, 0.05) is 23.9 Å². The second-order valence-corrected chi connectivity index (χ2v) is 7.83. The zero-order valence-corrected chi connectivity index (χ0v) is 15.9. The summed E-state index contributed by atoms with van der Waals surface area (Å²) in [5.41, 5.74) is -0.000203. The van der Waals surface area contributed by atoms with Gasteiger partial charge in [0.25, 0.3) is 0 Å². The van der Waals surface area contributed by atoms with Crippen LogP contribution in [0.2, 0.25) is 0 Å². The van der Waals surface area contributed by atoms with Crippen LogP contribution in [0.25, 0.3) is 0 Å². The number of nitrogens with zero attached hydrogens (tertiary/aromatic N) is 4. The van der Waals surface area contributed by atoms with Gasteiger partial charge in [-0.05, 0) is 43.2 Å². The van der Waals surface area contributed by atoms with Gasteiger partial charge in [0.2, 0.25) is 0 Å². The number of likely N-dealkylation sites (N-methyl/N-ethyl adjacent to an activating group) is 1. The number of nitriles is 3. The highest BCUT2D eigenvalue weighted by molar-refractivity contribution is 6.01. The lowest BCUT2D eigenvalue weighted by molar-refractivity contribution is 0.157. The summed E-state index contributed by atoms with van der Waals surface area (Å²) in [5.74, 6) is -0.754. The van der Waals surface area contributed by atoms with Gasteiger partial charge in [0.1, 0.15) is 11.7 Å². The fourth-order valence-electron chi connectivity index (χ4n) is 5.41. The van der Waals surface area contributed by atoms with E-state index in [0.717, 1.165) is 24.0 Å². The molecule has 0 radical (unpaired) electrons. The van der Waals surface area contributed by atoms with Crippen LogP contribution in [0.15, 0.2) is 35.9 Å². The maximum Gasteiger partial charge on any atom is 0.189 e. The van der Waals surface area contributed by atoms with Gasteiger partial charge in [0.15, 0.2) is 5.41 Å². The van der Waals surface area contributed by atoms with Gasteiger partial charge in [-0.15, -0.1) is 0 Å². The fourth-order valence-corrected chi connectivity index (χ4v) is 5.41. The topological polar surface area (TPSA) is 108 Å². The maximum atomic E-state index is 10.1. The lowest BCUT2D eigenvalue weighted by Gasteiger charge is -2.50. The predicted molar refractivity (Wildman–Crippen MR) is 102 cm³/mol. The third-order valence-corrected chi connectivity index (χ3v) is 6.82. The molecule has 140 valence electrons. The van der Waals surface area contributed by atoms with Crippen LogP contribution in [0.5, 0.6) is 5.75 Å². The standard InChI is InChI=1S/C22H21N5O/c1-27-14-5-8-18(27)19-16(9-14)17(10-23)21(26)22(11-24,12-25)20(19)13-3-6-15(28-2)7-4-13/h3-4,6-7,9,14,17-20,26H,5,8H2,1-2H3/t14-,17?,18+,19-,20+/m1/s1. The molecule has 0 amide bonds. The van der Waals surface area contributed by atoms with E-state index in [-0.39, 0.29) is 23.7 Å². The van der Waals surface area contributed by atoms with Crippen molar-refractivity contribution >= 4 is 5.71 Å². The van der Waals surface area contributed by atoms with E-state index < -0.39 is 17.3 Å². The minimum atomic E-state index is -1.66. The second kappa shape index (κ2) is 6.48. The predicted octanol–water partition coefficient (Wildman–Crippen LogP) is 3.00. The molecule has 1 saturated heterocycles. The number of methoxy groups -OCH3 is 1. The Morgan fingerprint density at radius 1 is 1.14 bits per heavy atom. The summed E-state index contributed by atoms with van der Waals surface area (Å²) in [6.45, 7) is 0. The highest BCUT2D eigenvalue weighted by atomic mass is 16.5. The summed E-state index contributed by atoms with van der Waals surface area (Å²) >= 11 is 0. The Balaban J connectivity index is 1.96. The molecule has 1 N–H and O–H groups in total. The van der Waals surface area contributed by atoms with E-state index in [2.05, 4.69) is 36.2 Å². The van der Waals surface area contributed by atoms with E-state index in [4.69, 9.17) is 10.1 Å². The number of hydrogen-bond donors (Lipinski definition) is 1. The highest BCUT2D eigenvalue weighted by Gasteiger charge is 2.61. The van der Waals surface area contributed by atoms with Crippen molar-refractivity contribution < 1.29 is 4.74 Å². The summed E-state index contributed by atoms with van der Waals surface area (Å²) in [7, 11) is 3.66. The molecular weight excluding hydrogens is 350 g/mol. The smallest absolute Gasteiger partial charge is 0.189 e. The molecule has 3 aliphatic rings. The number of hydrogen-bond acceptors (Lipinski definition) is 6. The van der Waals surface area contributed by atoms with Crippen LogP contribution in [0.3, 0.4) is 0 Å². The van der Waals surface area contributed by atoms with Gasteiger partial charge in [-0.2, -0.15) is 15.8 Å². The van der Waals surface area contributed by atoms with Crippen molar-refractivity contribution in [1.82, 2.24) is 4.90 Å². The van der Waals surface area contributed by atoms with Crippen molar-refractivity contribution in [2.75, 3.05) is 14.2 Å². The van der Waals surface area contributed by atoms with Gasteiger partial charge < -0.3 is 10.1 Å². The van der Waals surface area contributed by atoms with Crippen molar-refractivity contribution in [2.24, 2.45) is 17.3 Å². The minimum Gasteiger partial charge on any atom is -0.497 e. The monoisotopic (exact) mass is 371 g/mol. The molecule has 6 heteroatoms. The van der Waals surface area contributed by atoms with Gasteiger partial charge in [-0.25, -0.2) is 0 Å². The van der Waals surface area contributed by atoms with E-state index >= 15 is 0 Å². The van der Waals surface area contributed by atoms with Crippen molar-refractivity contribution in [3.63, 3.8) is 0 Å². The van der Waals surface area contributed by atoms with Crippen LogP contribution >= 0.6 is 0 Å². The summed E-state index contributed by atoms with van der Waals surface area (Å²) in [6, 6.07) is 14.3. The van der Waals surface area contributed by atoms with Crippen molar-refractivity contribution in [3.05, 3.63) is 41.5 Å². The lowest BCUT2D eigenvalue weighted by Crippen LogP contribution is -2.55. The third kappa shape index (κ3) is 2.24. The van der Waals surface area contributed by atoms with Gasteiger partial charge in [-0.1, -0.05) is 18.2 Å². The van der Waals surface area contributed by atoms with E-state index in [0.29, 0.717) is 5.75 Å². The molecule has 4 rings (SSSR count). The molecule has 5 atom stereocenters. The van der Waals surface area contributed by atoms with Crippen molar-refractivity contribution in [2.45, 2.75) is 30.8 Å². The van der Waals surface area contributed by atoms with Crippen molar-refractivity contribution in [1.29, 1.82) is 21.2 Å². The number of nitrogens with one attached hydrogen (secondary N) is 1. The average molecular weight is 371 g/mol. The third-order valence-electron chi connectivity index (χ3n) is 6.82.